The molecule has 21 heavy (non-hydrogen) atoms. The Balaban J connectivity index is 2.49. The molecule has 0 bridgehead atoms. The van der Waals surface area contributed by atoms with Crippen molar-refractivity contribution in [3.05, 3.63) is 23.8 Å². The Morgan fingerprint density at radius 1 is 1.29 bits per heavy atom. The summed E-state index contributed by atoms with van der Waals surface area (Å²) in [5.41, 5.74) is 1.31. The first kappa shape index (κ1) is 15.5. The van der Waals surface area contributed by atoms with Crippen LogP contribution < -0.4 is 9.64 Å². The highest BCUT2D eigenvalue weighted by atomic mass is 16.5. The lowest BCUT2D eigenvalue weighted by Gasteiger charge is -2.37. The number of ether oxygens (including phenoxy) is 1. The first-order chi connectivity index (χ1) is 9.81. The van der Waals surface area contributed by atoms with Crippen LogP contribution in [0.2, 0.25) is 0 Å². The number of benzene rings is 1. The first-order valence-electron chi connectivity index (χ1n) is 7.44. The zero-order valence-electron chi connectivity index (χ0n) is 13.3. The van der Waals surface area contributed by atoms with Gasteiger partial charge in [0.15, 0.2) is 11.9 Å². The Kier molecular flexibility index (Phi) is 4.35. The summed E-state index contributed by atoms with van der Waals surface area (Å²) in [6, 6.07) is 5.30. The van der Waals surface area contributed by atoms with E-state index in [-0.39, 0.29) is 17.6 Å². The Morgan fingerprint density at radius 3 is 2.48 bits per heavy atom. The van der Waals surface area contributed by atoms with Crippen LogP contribution in [-0.2, 0) is 4.79 Å². The van der Waals surface area contributed by atoms with E-state index in [1.54, 1.807) is 23.1 Å². The number of hydrogen-bond acceptors (Lipinski definition) is 3. The van der Waals surface area contributed by atoms with Gasteiger partial charge in [0.2, 0.25) is 0 Å². The predicted molar refractivity (Wildman–Crippen MR) is 82.9 cm³/mol. The lowest BCUT2D eigenvalue weighted by Crippen LogP contribution is -2.49. The minimum Gasteiger partial charge on any atom is -0.478 e. The second-order valence-corrected chi connectivity index (χ2v) is 6.36. The van der Waals surface area contributed by atoms with Crippen molar-refractivity contribution in [2.45, 2.75) is 40.7 Å². The predicted octanol–water partition coefficient (Wildman–Crippen LogP) is 3.30. The van der Waals surface area contributed by atoms with Gasteiger partial charge in [-0.1, -0.05) is 27.7 Å². The second kappa shape index (κ2) is 5.88. The summed E-state index contributed by atoms with van der Waals surface area (Å²) in [6.45, 7) is 10.2. The van der Waals surface area contributed by atoms with Gasteiger partial charge in [-0.15, -0.1) is 0 Å². The first-order valence-corrected chi connectivity index (χ1v) is 7.44. The minimum absolute atomic E-state index is 0.0132. The van der Waals surface area contributed by atoms with Crippen molar-refractivity contribution in [1.82, 2.24) is 0 Å². The zero-order chi connectivity index (χ0) is 15.7. The van der Waals surface area contributed by atoms with Crippen LogP contribution >= 0.6 is 0 Å². The number of amides is 1. The van der Waals surface area contributed by atoms with E-state index in [0.29, 0.717) is 29.5 Å². The summed E-state index contributed by atoms with van der Waals surface area (Å²) >= 11 is 0. The van der Waals surface area contributed by atoms with Gasteiger partial charge in [-0.2, -0.15) is 0 Å². The Bertz CT molecular complexity index is 563. The van der Waals surface area contributed by atoms with Gasteiger partial charge in [0.1, 0.15) is 5.75 Å². The fraction of sp³-hybridized carbons (Fsp3) is 0.529. The molecule has 0 saturated heterocycles. The normalized spacial score (nSPS) is 18.0. The molecule has 0 aliphatic carbocycles. The maximum atomic E-state index is 12.7. The number of nitrogens with zero attached hydrogens (tertiary/aromatic N) is 1. The van der Waals surface area contributed by atoms with Crippen molar-refractivity contribution < 1.29 is 14.3 Å². The SMILES string of the molecule is CC(=O)c1ccc2c(c1)N(CC(C)C)C(=O)C(C(C)C)O2. The number of fused-ring (bicyclic) bond motifs is 1. The van der Waals surface area contributed by atoms with Crippen LogP contribution in [0.25, 0.3) is 0 Å². The third kappa shape index (κ3) is 3.09. The lowest BCUT2D eigenvalue weighted by molar-refractivity contribution is -0.128. The van der Waals surface area contributed by atoms with Crippen molar-refractivity contribution in [2.24, 2.45) is 11.8 Å². The molecule has 0 fully saturated rings. The van der Waals surface area contributed by atoms with E-state index < -0.39 is 6.10 Å². The van der Waals surface area contributed by atoms with Crippen molar-refractivity contribution in [2.75, 3.05) is 11.4 Å². The van der Waals surface area contributed by atoms with Gasteiger partial charge in [0, 0.05) is 12.1 Å². The molecule has 0 spiro atoms. The maximum absolute atomic E-state index is 12.7. The number of ketones is 1. The van der Waals surface area contributed by atoms with Crippen molar-refractivity contribution in [3.8, 4) is 5.75 Å². The molecule has 0 N–H and O–H groups in total. The van der Waals surface area contributed by atoms with E-state index in [1.165, 1.54) is 6.92 Å². The largest absolute Gasteiger partial charge is 0.478 e. The summed E-state index contributed by atoms with van der Waals surface area (Å²) in [5, 5.41) is 0. The molecule has 1 aromatic rings. The van der Waals surface area contributed by atoms with Gasteiger partial charge in [0.05, 0.1) is 5.69 Å². The Labute approximate surface area is 126 Å². The molecule has 1 heterocycles. The van der Waals surface area contributed by atoms with E-state index in [1.807, 2.05) is 13.8 Å². The second-order valence-electron chi connectivity index (χ2n) is 6.36. The maximum Gasteiger partial charge on any atom is 0.268 e. The van der Waals surface area contributed by atoms with Crippen LogP contribution in [0.15, 0.2) is 18.2 Å². The minimum atomic E-state index is -0.459. The standard InChI is InChI=1S/C17H23NO3/c1-10(2)9-18-14-8-13(12(5)19)6-7-15(14)21-16(11(3)4)17(18)20/h6-8,10-11,16H,9H2,1-5H3. The van der Waals surface area contributed by atoms with Gasteiger partial charge >= 0.3 is 0 Å². The smallest absolute Gasteiger partial charge is 0.268 e. The molecule has 1 aliphatic heterocycles. The molecule has 1 amide bonds. The average Bonchev–Trinajstić information content (AvgIpc) is 2.40. The van der Waals surface area contributed by atoms with E-state index in [9.17, 15) is 9.59 Å². The average molecular weight is 289 g/mol. The van der Waals surface area contributed by atoms with E-state index in [0.717, 1.165) is 0 Å². The molecule has 0 radical (unpaired) electrons. The van der Waals surface area contributed by atoms with Crippen LogP contribution in [0, 0.1) is 11.8 Å². The van der Waals surface area contributed by atoms with E-state index >= 15 is 0 Å². The Hall–Kier alpha value is -1.84. The third-order valence-corrected chi connectivity index (χ3v) is 3.57. The fourth-order valence-electron chi connectivity index (χ4n) is 2.48. The van der Waals surface area contributed by atoms with Gasteiger partial charge < -0.3 is 9.64 Å². The number of rotatable bonds is 4. The highest BCUT2D eigenvalue weighted by molar-refractivity contribution is 6.02. The zero-order valence-corrected chi connectivity index (χ0v) is 13.3. The van der Waals surface area contributed by atoms with Crippen LogP contribution in [-0.4, -0.2) is 24.3 Å². The summed E-state index contributed by atoms with van der Waals surface area (Å²) in [4.78, 5) is 26.0. The van der Waals surface area contributed by atoms with Crippen molar-refractivity contribution in [1.29, 1.82) is 0 Å². The monoisotopic (exact) mass is 289 g/mol. The highest BCUT2D eigenvalue weighted by Crippen LogP contribution is 2.37. The molecule has 1 unspecified atom stereocenters. The molecule has 1 aliphatic rings. The lowest BCUT2D eigenvalue weighted by atomic mass is 10.0. The molecule has 0 aromatic heterocycles. The van der Waals surface area contributed by atoms with Crippen LogP contribution in [0.1, 0.15) is 45.0 Å². The van der Waals surface area contributed by atoms with Gasteiger partial charge in [-0.25, -0.2) is 0 Å². The molecule has 0 saturated carbocycles. The molecular weight excluding hydrogens is 266 g/mol. The molecule has 2 rings (SSSR count). The molecular formula is C17H23NO3. The number of carbonyl (C=O) groups excluding carboxylic acids is 2. The third-order valence-electron chi connectivity index (χ3n) is 3.57. The van der Waals surface area contributed by atoms with Crippen LogP contribution in [0.4, 0.5) is 5.69 Å². The molecule has 4 nitrogen and oxygen atoms in total. The summed E-state index contributed by atoms with van der Waals surface area (Å²) in [7, 11) is 0. The molecule has 4 heteroatoms. The molecule has 114 valence electrons. The van der Waals surface area contributed by atoms with Crippen LogP contribution in [0.5, 0.6) is 5.75 Å². The number of carbonyl (C=O) groups is 2. The topological polar surface area (TPSA) is 46.6 Å². The number of anilines is 1. The highest BCUT2D eigenvalue weighted by Gasteiger charge is 2.36. The number of hydrogen-bond donors (Lipinski definition) is 0. The summed E-state index contributed by atoms with van der Waals surface area (Å²) in [6.07, 6.45) is -0.459. The van der Waals surface area contributed by atoms with Crippen molar-refractivity contribution in [3.63, 3.8) is 0 Å². The number of Topliss-reactive ketones (excluding diaryl/α,β-unsaturated/α-hetero) is 1. The van der Waals surface area contributed by atoms with Crippen molar-refractivity contribution >= 4 is 17.4 Å². The molecule has 1 aromatic carbocycles. The van der Waals surface area contributed by atoms with Crippen LogP contribution in [0.3, 0.4) is 0 Å². The molecule has 1 atom stereocenters. The van der Waals surface area contributed by atoms with Gasteiger partial charge in [-0.05, 0) is 37.0 Å². The summed E-state index contributed by atoms with van der Waals surface area (Å²) < 4.78 is 5.85. The van der Waals surface area contributed by atoms with Gasteiger partial charge in [0.25, 0.3) is 5.91 Å². The van der Waals surface area contributed by atoms with Gasteiger partial charge in [-0.3, -0.25) is 9.59 Å². The fourth-order valence-corrected chi connectivity index (χ4v) is 2.48. The van der Waals surface area contributed by atoms with E-state index in [4.69, 9.17) is 4.74 Å². The van der Waals surface area contributed by atoms with E-state index in [2.05, 4.69) is 13.8 Å². The quantitative estimate of drug-likeness (QED) is 0.799. The Morgan fingerprint density at radius 2 is 1.95 bits per heavy atom. The summed E-state index contributed by atoms with van der Waals surface area (Å²) in [5.74, 6) is 1.09.